The van der Waals surface area contributed by atoms with Gasteiger partial charge in [-0.3, -0.25) is 9.69 Å². The van der Waals surface area contributed by atoms with Gasteiger partial charge in [-0.25, -0.2) is 4.79 Å². The van der Waals surface area contributed by atoms with Crippen molar-refractivity contribution in [2.45, 2.75) is 19.8 Å². The van der Waals surface area contributed by atoms with E-state index in [0.717, 1.165) is 11.3 Å². The first-order valence-electron chi connectivity index (χ1n) is 5.69. The van der Waals surface area contributed by atoms with Crippen LogP contribution in [0.15, 0.2) is 24.3 Å². The van der Waals surface area contributed by atoms with Crippen LogP contribution in [-0.2, 0) is 14.3 Å². The lowest BCUT2D eigenvalue weighted by molar-refractivity contribution is -0.156. The summed E-state index contributed by atoms with van der Waals surface area (Å²) < 4.78 is 4.71. The zero-order chi connectivity index (χ0) is 12.4. The van der Waals surface area contributed by atoms with Gasteiger partial charge in [0.1, 0.15) is 6.61 Å². The molecule has 4 heteroatoms. The van der Waals surface area contributed by atoms with Gasteiger partial charge in [0.25, 0.3) is 0 Å². The fourth-order valence-electron chi connectivity index (χ4n) is 1.95. The molecule has 1 heterocycles. The minimum atomic E-state index is -0.769. The Morgan fingerprint density at radius 3 is 2.65 bits per heavy atom. The summed E-state index contributed by atoms with van der Waals surface area (Å²) in [5, 5.41) is 0. The van der Waals surface area contributed by atoms with Crippen LogP contribution < -0.4 is 4.90 Å². The smallest absolute Gasteiger partial charge is 0.397 e. The summed E-state index contributed by atoms with van der Waals surface area (Å²) in [6.07, 6.45) is 0. The van der Waals surface area contributed by atoms with E-state index in [4.69, 9.17) is 4.74 Å². The van der Waals surface area contributed by atoms with Crippen LogP contribution in [0.1, 0.15) is 25.3 Å². The Morgan fingerprint density at radius 2 is 1.94 bits per heavy atom. The maximum absolute atomic E-state index is 11.8. The lowest BCUT2D eigenvalue weighted by Crippen LogP contribution is -2.45. The van der Waals surface area contributed by atoms with E-state index in [0.29, 0.717) is 12.5 Å². The molecule has 1 aromatic rings. The Labute approximate surface area is 100 Å². The van der Waals surface area contributed by atoms with Gasteiger partial charge < -0.3 is 4.74 Å². The zero-order valence-corrected chi connectivity index (χ0v) is 9.97. The molecule has 17 heavy (non-hydrogen) atoms. The molecule has 1 fully saturated rings. The van der Waals surface area contributed by atoms with Crippen LogP contribution in [0.2, 0.25) is 0 Å². The van der Waals surface area contributed by atoms with E-state index in [1.165, 1.54) is 4.90 Å². The first kappa shape index (κ1) is 11.6. The number of para-hydroxylation sites is 1. The van der Waals surface area contributed by atoms with Crippen molar-refractivity contribution < 1.29 is 14.3 Å². The first-order chi connectivity index (χ1) is 8.11. The van der Waals surface area contributed by atoms with Gasteiger partial charge >= 0.3 is 11.9 Å². The fraction of sp³-hybridized carbons (Fsp3) is 0.385. The van der Waals surface area contributed by atoms with Gasteiger partial charge in [0.05, 0.1) is 6.54 Å². The highest BCUT2D eigenvalue weighted by atomic mass is 16.5. The summed E-state index contributed by atoms with van der Waals surface area (Å²) in [6.45, 7) is 4.81. The Morgan fingerprint density at radius 1 is 1.24 bits per heavy atom. The van der Waals surface area contributed by atoms with E-state index in [1.54, 1.807) is 0 Å². The molecule has 0 aliphatic carbocycles. The minimum absolute atomic E-state index is 0.261. The van der Waals surface area contributed by atoms with E-state index >= 15 is 0 Å². The number of carbonyl (C=O) groups excluding carboxylic acids is 2. The molecule has 0 radical (unpaired) electrons. The predicted octanol–water partition coefficient (Wildman–Crippen LogP) is 1.70. The van der Waals surface area contributed by atoms with Gasteiger partial charge in [0.2, 0.25) is 0 Å². The number of ether oxygens (including phenoxy) is 1. The monoisotopic (exact) mass is 233 g/mol. The average molecular weight is 233 g/mol. The molecular formula is C13H15NO3. The van der Waals surface area contributed by atoms with Crippen LogP contribution in [0.4, 0.5) is 5.69 Å². The molecule has 0 N–H and O–H groups in total. The Kier molecular flexibility index (Phi) is 3.13. The molecule has 1 aliphatic rings. The van der Waals surface area contributed by atoms with Crippen molar-refractivity contribution in [1.29, 1.82) is 0 Å². The third-order valence-electron chi connectivity index (χ3n) is 2.82. The number of cyclic esters (lactones) is 1. The molecule has 1 aliphatic heterocycles. The predicted molar refractivity (Wildman–Crippen MR) is 63.8 cm³/mol. The van der Waals surface area contributed by atoms with Gasteiger partial charge in [-0.2, -0.15) is 0 Å². The lowest BCUT2D eigenvalue weighted by Gasteiger charge is -2.28. The maximum atomic E-state index is 11.8. The largest absolute Gasteiger partial charge is 0.457 e. The summed E-state index contributed by atoms with van der Waals surface area (Å²) in [7, 11) is 0. The molecule has 0 spiro atoms. The number of benzene rings is 1. The van der Waals surface area contributed by atoms with Gasteiger partial charge in [0.15, 0.2) is 0 Å². The van der Waals surface area contributed by atoms with Crippen LogP contribution >= 0.6 is 0 Å². The summed E-state index contributed by atoms with van der Waals surface area (Å²) in [4.78, 5) is 24.5. The lowest BCUT2D eigenvalue weighted by atomic mass is 10.0. The molecule has 2 rings (SSSR count). The summed E-state index contributed by atoms with van der Waals surface area (Å²) in [5.41, 5.74) is 1.87. The van der Waals surface area contributed by atoms with E-state index < -0.39 is 11.9 Å². The minimum Gasteiger partial charge on any atom is -0.457 e. The van der Waals surface area contributed by atoms with Crippen LogP contribution in [-0.4, -0.2) is 25.0 Å². The average Bonchev–Trinajstić information content (AvgIpc) is 2.33. The molecule has 90 valence electrons. The second-order valence-electron chi connectivity index (χ2n) is 4.31. The molecule has 4 nitrogen and oxygen atoms in total. The quantitative estimate of drug-likeness (QED) is 0.577. The van der Waals surface area contributed by atoms with Gasteiger partial charge in [-0.1, -0.05) is 32.0 Å². The number of hydrogen-bond acceptors (Lipinski definition) is 3. The molecule has 1 aromatic carbocycles. The van der Waals surface area contributed by atoms with Crippen molar-refractivity contribution in [3.63, 3.8) is 0 Å². The highest BCUT2D eigenvalue weighted by Crippen LogP contribution is 2.28. The molecular weight excluding hydrogens is 218 g/mol. The van der Waals surface area contributed by atoms with E-state index in [-0.39, 0.29) is 6.61 Å². The first-order valence-corrected chi connectivity index (χ1v) is 5.69. The van der Waals surface area contributed by atoms with Crippen LogP contribution in [0, 0.1) is 0 Å². The molecule has 0 bridgehead atoms. The highest BCUT2D eigenvalue weighted by molar-refractivity contribution is 6.38. The van der Waals surface area contributed by atoms with Gasteiger partial charge in [-0.15, -0.1) is 0 Å². The third kappa shape index (κ3) is 2.16. The van der Waals surface area contributed by atoms with Crippen molar-refractivity contribution in [3.8, 4) is 0 Å². The van der Waals surface area contributed by atoms with Crippen molar-refractivity contribution >= 4 is 17.6 Å². The topological polar surface area (TPSA) is 46.6 Å². The number of hydrogen-bond donors (Lipinski definition) is 0. The number of amides is 1. The third-order valence-corrected chi connectivity index (χ3v) is 2.82. The summed E-state index contributed by atoms with van der Waals surface area (Å²) >= 11 is 0. The molecule has 1 amide bonds. The van der Waals surface area contributed by atoms with Crippen LogP contribution in [0.5, 0.6) is 0 Å². The van der Waals surface area contributed by atoms with Gasteiger partial charge in [0, 0.05) is 5.69 Å². The number of morpholine rings is 1. The number of anilines is 1. The second kappa shape index (κ2) is 4.57. The van der Waals surface area contributed by atoms with E-state index in [2.05, 4.69) is 13.8 Å². The number of carbonyl (C=O) groups is 2. The second-order valence-corrected chi connectivity index (χ2v) is 4.31. The van der Waals surface area contributed by atoms with Crippen LogP contribution in [0.25, 0.3) is 0 Å². The van der Waals surface area contributed by atoms with Crippen molar-refractivity contribution in [2.75, 3.05) is 18.1 Å². The van der Waals surface area contributed by atoms with E-state index in [9.17, 15) is 9.59 Å². The Hall–Kier alpha value is -1.84. The summed E-state index contributed by atoms with van der Waals surface area (Å²) in [6, 6.07) is 7.65. The van der Waals surface area contributed by atoms with E-state index in [1.807, 2.05) is 24.3 Å². The molecule has 1 saturated heterocycles. The number of rotatable bonds is 2. The van der Waals surface area contributed by atoms with Crippen molar-refractivity contribution in [2.24, 2.45) is 0 Å². The SMILES string of the molecule is CC(C)c1ccccc1N1CCOC(=O)C1=O. The molecule has 0 saturated carbocycles. The van der Waals surface area contributed by atoms with Crippen LogP contribution in [0.3, 0.4) is 0 Å². The maximum Gasteiger partial charge on any atom is 0.397 e. The Bertz CT molecular complexity index is 454. The molecule has 0 unspecified atom stereocenters. The normalized spacial score (nSPS) is 16.3. The summed E-state index contributed by atoms with van der Waals surface area (Å²) in [5.74, 6) is -1.05. The fourth-order valence-corrected chi connectivity index (χ4v) is 1.95. The van der Waals surface area contributed by atoms with Crippen molar-refractivity contribution in [3.05, 3.63) is 29.8 Å². The van der Waals surface area contributed by atoms with Gasteiger partial charge in [-0.05, 0) is 17.5 Å². The molecule has 0 aromatic heterocycles. The molecule has 0 atom stereocenters. The highest BCUT2D eigenvalue weighted by Gasteiger charge is 2.30. The standard InChI is InChI=1S/C13H15NO3/c1-9(2)10-5-3-4-6-11(10)14-7-8-17-13(16)12(14)15/h3-6,9H,7-8H2,1-2H3. The van der Waals surface area contributed by atoms with Crippen molar-refractivity contribution in [1.82, 2.24) is 0 Å². The zero-order valence-electron chi connectivity index (χ0n) is 9.97. The number of nitrogens with zero attached hydrogens (tertiary/aromatic N) is 1. The Balaban J connectivity index is 2.39. The number of esters is 1.